The zero-order chi connectivity index (χ0) is 12.4. The van der Waals surface area contributed by atoms with Crippen molar-refractivity contribution in [3.8, 4) is 23.1 Å². The minimum absolute atomic E-state index is 0.649. The molecule has 0 radical (unpaired) electrons. The molecule has 1 aliphatic rings. The van der Waals surface area contributed by atoms with Crippen LogP contribution < -0.4 is 10.1 Å². The molecule has 88 valence electrons. The van der Waals surface area contributed by atoms with E-state index in [1.807, 2.05) is 18.2 Å². The van der Waals surface area contributed by atoms with Crippen molar-refractivity contribution in [2.24, 2.45) is 0 Å². The highest BCUT2D eigenvalue weighted by atomic mass is 16.5. The molecule has 0 fully saturated rings. The minimum atomic E-state index is 0.649. The second-order valence-corrected chi connectivity index (χ2v) is 4.04. The van der Waals surface area contributed by atoms with Crippen LogP contribution >= 0.6 is 0 Å². The number of hydrogen-bond acceptors (Lipinski definition) is 4. The average molecular weight is 237 g/mol. The van der Waals surface area contributed by atoms with Crippen LogP contribution in [0.5, 0.6) is 5.88 Å². The highest BCUT2D eigenvalue weighted by Crippen LogP contribution is 2.29. The summed E-state index contributed by atoms with van der Waals surface area (Å²) in [4.78, 5) is 4.29. The molecule has 1 aromatic heterocycles. The van der Waals surface area contributed by atoms with Crippen molar-refractivity contribution >= 4 is 5.69 Å². The van der Waals surface area contributed by atoms with Crippen molar-refractivity contribution < 1.29 is 4.74 Å². The van der Waals surface area contributed by atoms with Gasteiger partial charge in [0, 0.05) is 18.3 Å². The van der Waals surface area contributed by atoms with Gasteiger partial charge in [0.1, 0.15) is 6.61 Å². The molecule has 0 bridgehead atoms. The Morgan fingerprint density at radius 1 is 1.22 bits per heavy atom. The van der Waals surface area contributed by atoms with Crippen LogP contribution in [0.3, 0.4) is 0 Å². The third-order valence-electron chi connectivity index (χ3n) is 2.85. The molecule has 1 N–H and O–H groups in total. The minimum Gasteiger partial charge on any atom is -0.474 e. The molecule has 0 atom stereocenters. The predicted molar refractivity (Wildman–Crippen MR) is 68.4 cm³/mol. The molecule has 2 aromatic rings. The first-order chi connectivity index (χ1) is 8.86. The maximum atomic E-state index is 8.77. The number of aromatic nitrogens is 1. The maximum Gasteiger partial charge on any atom is 0.237 e. The van der Waals surface area contributed by atoms with Gasteiger partial charge in [0.05, 0.1) is 17.3 Å². The normalized spacial score (nSPS) is 12.8. The number of fused-ring (bicyclic) bond motifs is 1. The molecule has 2 heterocycles. The van der Waals surface area contributed by atoms with Crippen LogP contribution in [0.4, 0.5) is 5.69 Å². The Bertz CT molecular complexity index is 614. The first-order valence-corrected chi connectivity index (χ1v) is 5.74. The fraction of sp³-hybridized carbons (Fsp3) is 0.143. The number of nitrogens with zero attached hydrogens (tertiary/aromatic N) is 2. The van der Waals surface area contributed by atoms with E-state index in [-0.39, 0.29) is 0 Å². The smallest absolute Gasteiger partial charge is 0.237 e. The van der Waals surface area contributed by atoms with Gasteiger partial charge in [-0.3, -0.25) is 0 Å². The molecule has 3 rings (SSSR count). The Balaban J connectivity index is 1.98. The maximum absolute atomic E-state index is 8.77. The number of nitrogens with one attached hydrogen (secondary N) is 1. The van der Waals surface area contributed by atoms with E-state index in [1.165, 1.54) is 0 Å². The van der Waals surface area contributed by atoms with Gasteiger partial charge in [-0.25, -0.2) is 4.98 Å². The number of ether oxygens (including phenoxy) is 1. The van der Waals surface area contributed by atoms with E-state index < -0.39 is 0 Å². The van der Waals surface area contributed by atoms with E-state index in [0.29, 0.717) is 18.1 Å². The standard InChI is InChI=1S/C14H11N3O/c15-8-10-1-3-11(4-2-10)12-7-13-14(17-9-12)18-6-5-16-13/h1-4,7,9,16H,5-6H2. The Morgan fingerprint density at radius 2 is 2.06 bits per heavy atom. The summed E-state index contributed by atoms with van der Waals surface area (Å²) in [6.07, 6.45) is 1.78. The molecule has 0 unspecified atom stereocenters. The molecule has 0 saturated heterocycles. The van der Waals surface area contributed by atoms with Gasteiger partial charge in [-0.15, -0.1) is 0 Å². The van der Waals surface area contributed by atoms with Gasteiger partial charge in [0.15, 0.2) is 0 Å². The van der Waals surface area contributed by atoms with Crippen molar-refractivity contribution in [3.63, 3.8) is 0 Å². The zero-order valence-electron chi connectivity index (χ0n) is 9.68. The van der Waals surface area contributed by atoms with E-state index in [0.717, 1.165) is 23.4 Å². The fourth-order valence-electron chi connectivity index (χ4n) is 1.92. The van der Waals surface area contributed by atoms with Gasteiger partial charge in [0.2, 0.25) is 5.88 Å². The summed E-state index contributed by atoms with van der Waals surface area (Å²) in [6, 6.07) is 11.6. The fourth-order valence-corrected chi connectivity index (χ4v) is 1.92. The lowest BCUT2D eigenvalue weighted by molar-refractivity contribution is 0.310. The van der Waals surface area contributed by atoms with Crippen molar-refractivity contribution in [1.82, 2.24) is 4.98 Å². The Hall–Kier alpha value is -2.54. The van der Waals surface area contributed by atoms with Crippen molar-refractivity contribution in [1.29, 1.82) is 5.26 Å². The summed E-state index contributed by atoms with van der Waals surface area (Å²) >= 11 is 0. The molecule has 0 aliphatic carbocycles. The van der Waals surface area contributed by atoms with Crippen LogP contribution in [0.25, 0.3) is 11.1 Å². The molecule has 4 nitrogen and oxygen atoms in total. The van der Waals surface area contributed by atoms with Crippen LogP contribution in [0, 0.1) is 11.3 Å². The van der Waals surface area contributed by atoms with Crippen molar-refractivity contribution in [3.05, 3.63) is 42.1 Å². The van der Waals surface area contributed by atoms with Gasteiger partial charge in [-0.2, -0.15) is 5.26 Å². The second-order valence-electron chi connectivity index (χ2n) is 4.04. The quantitative estimate of drug-likeness (QED) is 0.827. The number of anilines is 1. The molecule has 0 spiro atoms. The molecule has 4 heteroatoms. The van der Waals surface area contributed by atoms with Crippen molar-refractivity contribution in [2.45, 2.75) is 0 Å². The van der Waals surface area contributed by atoms with Crippen molar-refractivity contribution in [2.75, 3.05) is 18.5 Å². The van der Waals surface area contributed by atoms with Crippen LogP contribution in [-0.4, -0.2) is 18.1 Å². The third kappa shape index (κ3) is 1.87. The lowest BCUT2D eigenvalue weighted by Crippen LogP contribution is -2.18. The summed E-state index contributed by atoms with van der Waals surface area (Å²) in [5.41, 5.74) is 3.63. The van der Waals surface area contributed by atoms with Crippen LogP contribution in [0.2, 0.25) is 0 Å². The predicted octanol–water partition coefficient (Wildman–Crippen LogP) is 2.42. The average Bonchev–Trinajstić information content (AvgIpc) is 2.47. The van der Waals surface area contributed by atoms with E-state index in [2.05, 4.69) is 16.4 Å². The summed E-state index contributed by atoms with van der Waals surface area (Å²) in [5, 5.41) is 12.0. The van der Waals surface area contributed by atoms with Crippen LogP contribution in [0.15, 0.2) is 36.5 Å². The highest BCUT2D eigenvalue weighted by Gasteiger charge is 2.11. The Kier molecular flexibility index (Phi) is 2.58. The van der Waals surface area contributed by atoms with Gasteiger partial charge < -0.3 is 10.1 Å². The van der Waals surface area contributed by atoms with E-state index in [4.69, 9.17) is 10.00 Å². The molecular weight excluding hydrogens is 226 g/mol. The number of benzene rings is 1. The van der Waals surface area contributed by atoms with Crippen LogP contribution in [-0.2, 0) is 0 Å². The molecule has 18 heavy (non-hydrogen) atoms. The first-order valence-electron chi connectivity index (χ1n) is 5.74. The third-order valence-corrected chi connectivity index (χ3v) is 2.85. The summed E-state index contributed by atoms with van der Waals surface area (Å²) in [7, 11) is 0. The lowest BCUT2D eigenvalue weighted by Gasteiger charge is -2.18. The number of pyridine rings is 1. The lowest BCUT2D eigenvalue weighted by atomic mass is 10.1. The van der Waals surface area contributed by atoms with Gasteiger partial charge in [0.25, 0.3) is 0 Å². The van der Waals surface area contributed by atoms with Crippen LogP contribution in [0.1, 0.15) is 5.56 Å². The monoisotopic (exact) mass is 237 g/mol. The second kappa shape index (κ2) is 4.38. The van der Waals surface area contributed by atoms with Gasteiger partial charge >= 0.3 is 0 Å². The van der Waals surface area contributed by atoms with E-state index in [9.17, 15) is 0 Å². The first kappa shape index (κ1) is 10.6. The number of rotatable bonds is 1. The SMILES string of the molecule is N#Cc1ccc(-c2cnc3c(c2)NCCO3)cc1. The summed E-state index contributed by atoms with van der Waals surface area (Å²) < 4.78 is 5.43. The van der Waals surface area contributed by atoms with Gasteiger partial charge in [-0.1, -0.05) is 12.1 Å². The largest absolute Gasteiger partial charge is 0.474 e. The van der Waals surface area contributed by atoms with E-state index in [1.54, 1.807) is 18.3 Å². The number of hydrogen-bond donors (Lipinski definition) is 1. The summed E-state index contributed by atoms with van der Waals surface area (Å²) in [6.45, 7) is 1.45. The molecule has 1 aromatic carbocycles. The highest BCUT2D eigenvalue weighted by molar-refractivity contribution is 5.70. The van der Waals surface area contributed by atoms with E-state index >= 15 is 0 Å². The summed E-state index contributed by atoms with van der Waals surface area (Å²) in [5.74, 6) is 0.652. The molecular formula is C14H11N3O. The topological polar surface area (TPSA) is 57.9 Å². The Labute approximate surface area is 105 Å². The zero-order valence-corrected chi connectivity index (χ0v) is 9.68. The Morgan fingerprint density at radius 3 is 2.83 bits per heavy atom. The molecule has 1 aliphatic heterocycles. The number of nitriles is 1. The molecule has 0 amide bonds. The molecule has 0 saturated carbocycles. The van der Waals surface area contributed by atoms with Gasteiger partial charge in [-0.05, 0) is 23.8 Å².